The molecule has 0 aromatic rings. The number of thioether (sulfide) groups is 1. The van der Waals surface area contributed by atoms with Crippen LogP contribution in [0.5, 0.6) is 0 Å². The number of amidine groups is 1. The van der Waals surface area contributed by atoms with Crippen LogP contribution in [0, 0.1) is 11.8 Å². The lowest BCUT2D eigenvalue weighted by Crippen LogP contribution is -2.49. The lowest BCUT2D eigenvalue weighted by atomic mass is 9.91. The van der Waals surface area contributed by atoms with Gasteiger partial charge in [0.25, 0.3) is 5.91 Å². The van der Waals surface area contributed by atoms with Crippen molar-refractivity contribution >= 4 is 22.8 Å². The normalized spacial score (nSPS) is 41.8. The molecule has 2 saturated carbocycles. The number of hydrogen-bond acceptors (Lipinski definition) is 4. The van der Waals surface area contributed by atoms with Crippen LogP contribution in [0.4, 0.5) is 0 Å². The van der Waals surface area contributed by atoms with Crippen molar-refractivity contribution in [2.24, 2.45) is 16.8 Å². The van der Waals surface area contributed by atoms with Crippen molar-refractivity contribution in [3.8, 4) is 0 Å². The van der Waals surface area contributed by atoms with Crippen molar-refractivity contribution in [2.45, 2.75) is 62.8 Å². The van der Waals surface area contributed by atoms with E-state index in [1.807, 2.05) is 0 Å². The number of rotatable bonds is 2. The van der Waals surface area contributed by atoms with Crippen LogP contribution < -0.4 is 5.32 Å². The molecule has 0 saturated heterocycles. The molecule has 4 atom stereocenters. The molecule has 2 N–H and O–H groups in total. The minimum atomic E-state index is -1.07. The van der Waals surface area contributed by atoms with Gasteiger partial charge in [0.2, 0.25) is 0 Å². The van der Waals surface area contributed by atoms with E-state index in [0.29, 0.717) is 11.2 Å². The van der Waals surface area contributed by atoms with Crippen LogP contribution >= 0.6 is 11.8 Å². The van der Waals surface area contributed by atoms with Crippen LogP contribution in [0.25, 0.3) is 0 Å². The third-order valence-electron chi connectivity index (χ3n) is 5.13. The molecule has 1 aliphatic heterocycles. The van der Waals surface area contributed by atoms with Crippen molar-refractivity contribution in [2.75, 3.05) is 0 Å². The lowest BCUT2D eigenvalue weighted by molar-refractivity contribution is -0.124. The summed E-state index contributed by atoms with van der Waals surface area (Å²) in [6.45, 7) is 5.13. The van der Waals surface area contributed by atoms with Gasteiger partial charge in [-0.3, -0.25) is 4.79 Å². The number of aliphatic hydroxyl groups is 1. The zero-order valence-electron chi connectivity index (χ0n) is 11.8. The molecule has 19 heavy (non-hydrogen) atoms. The third kappa shape index (κ3) is 2.11. The summed E-state index contributed by atoms with van der Waals surface area (Å²) in [5.74, 6) is 1.39. The molecule has 2 aliphatic carbocycles. The second kappa shape index (κ2) is 4.22. The smallest absolute Gasteiger partial charge is 0.267 e. The monoisotopic (exact) mass is 282 g/mol. The number of carbonyl (C=O) groups excluding carboxylic acids is 1. The molecule has 5 heteroatoms. The molecule has 0 radical (unpaired) electrons. The Morgan fingerprint density at radius 2 is 2.16 bits per heavy atom. The summed E-state index contributed by atoms with van der Waals surface area (Å²) in [5, 5.41) is 14.3. The van der Waals surface area contributed by atoms with E-state index < -0.39 is 10.3 Å². The topological polar surface area (TPSA) is 61.7 Å². The fraction of sp³-hybridized carbons (Fsp3) is 0.857. The van der Waals surface area contributed by atoms with E-state index in [9.17, 15) is 9.90 Å². The standard InChI is InChI=1S/C14H22N2O2S/c1-13(2,18)14(3)11(17)16-12(19-14)15-10-7-8-4-5-9(10)6-8/h8-10,18H,4-7H2,1-3H3,(H,15,16,17)/t8-,9+,10+,14+/m1/s1. The van der Waals surface area contributed by atoms with Crippen LogP contribution in [0.2, 0.25) is 0 Å². The van der Waals surface area contributed by atoms with Gasteiger partial charge in [-0.15, -0.1) is 0 Å². The fourth-order valence-corrected chi connectivity index (χ4v) is 4.60. The van der Waals surface area contributed by atoms with Crippen molar-refractivity contribution in [3.05, 3.63) is 0 Å². The Morgan fingerprint density at radius 3 is 2.63 bits per heavy atom. The molecule has 4 nitrogen and oxygen atoms in total. The van der Waals surface area contributed by atoms with E-state index in [0.717, 1.165) is 11.8 Å². The Labute approximate surface area is 118 Å². The molecule has 0 aromatic carbocycles. The Balaban J connectivity index is 1.68. The summed E-state index contributed by atoms with van der Waals surface area (Å²) in [6, 6.07) is 0.474. The summed E-state index contributed by atoms with van der Waals surface area (Å²) < 4.78 is -0.868. The third-order valence-corrected chi connectivity index (χ3v) is 6.61. The van der Waals surface area contributed by atoms with Crippen LogP contribution in [0.3, 0.4) is 0 Å². The van der Waals surface area contributed by atoms with Gasteiger partial charge in [-0.25, -0.2) is 0 Å². The van der Waals surface area contributed by atoms with Gasteiger partial charge in [0.1, 0.15) is 4.75 Å². The number of hydrogen-bond donors (Lipinski definition) is 2. The maximum absolute atomic E-state index is 12.1. The first-order valence-electron chi connectivity index (χ1n) is 7.10. The molecular formula is C14H22N2O2S. The van der Waals surface area contributed by atoms with E-state index in [1.54, 1.807) is 20.8 Å². The minimum Gasteiger partial charge on any atom is -0.388 e. The zero-order chi connectivity index (χ0) is 13.8. The second-order valence-electron chi connectivity index (χ2n) is 6.84. The van der Waals surface area contributed by atoms with Crippen LogP contribution in [-0.4, -0.2) is 32.6 Å². The average Bonchev–Trinajstić information content (AvgIpc) is 2.94. The Morgan fingerprint density at radius 1 is 1.42 bits per heavy atom. The number of nitrogens with one attached hydrogen (secondary N) is 1. The molecule has 3 aliphatic rings. The van der Waals surface area contributed by atoms with Gasteiger partial charge < -0.3 is 10.4 Å². The molecule has 1 heterocycles. The number of amides is 1. The van der Waals surface area contributed by atoms with Crippen molar-refractivity contribution < 1.29 is 9.90 Å². The predicted octanol–water partition coefficient (Wildman–Crippen LogP) is 1.92. The molecule has 1 amide bonds. The van der Waals surface area contributed by atoms with E-state index >= 15 is 0 Å². The summed E-state index contributed by atoms with van der Waals surface area (Å²) in [5.41, 5.74) is -1.07. The Hall–Kier alpha value is -0.550. The molecule has 0 spiro atoms. The van der Waals surface area contributed by atoms with Crippen LogP contribution in [0.1, 0.15) is 46.5 Å². The molecule has 2 fully saturated rings. The number of fused-ring (bicyclic) bond motifs is 2. The van der Waals surface area contributed by atoms with Crippen LogP contribution in [-0.2, 0) is 4.79 Å². The van der Waals surface area contributed by atoms with Crippen LogP contribution in [0.15, 0.2) is 4.99 Å². The highest BCUT2D eigenvalue weighted by molar-refractivity contribution is 8.16. The van der Waals surface area contributed by atoms with E-state index in [4.69, 9.17) is 0 Å². The highest BCUT2D eigenvalue weighted by Gasteiger charge is 2.52. The highest BCUT2D eigenvalue weighted by Crippen LogP contribution is 2.46. The molecular weight excluding hydrogens is 260 g/mol. The Bertz CT molecular complexity index is 443. The minimum absolute atomic E-state index is 0.226. The van der Waals surface area contributed by atoms with Gasteiger partial charge in [-0.2, -0.15) is 4.99 Å². The predicted molar refractivity (Wildman–Crippen MR) is 77.1 cm³/mol. The average molecular weight is 282 g/mol. The van der Waals surface area contributed by atoms with Gasteiger partial charge in [0.05, 0.1) is 5.60 Å². The van der Waals surface area contributed by atoms with Gasteiger partial charge >= 0.3 is 0 Å². The maximum atomic E-state index is 12.1. The van der Waals surface area contributed by atoms with Gasteiger partial charge in [0, 0.05) is 6.04 Å². The molecule has 0 aromatic heterocycles. The maximum Gasteiger partial charge on any atom is 0.267 e. The zero-order valence-corrected chi connectivity index (χ0v) is 12.6. The second-order valence-corrected chi connectivity index (χ2v) is 8.25. The van der Waals surface area contributed by atoms with Gasteiger partial charge in [0.15, 0.2) is 5.17 Å². The summed E-state index contributed by atoms with van der Waals surface area (Å²) >= 11 is 1.38. The van der Waals surface area contributed by atoms with Gasteiger partial charge in [-0.1, -0.05) is 18.2 Å². The molecule has 3 rings (SSSR count). The summed E-state index contributed by atoms with van der Waals surface area (Å²) in [4.78, 5) is 16.2. The molecule has 2 bridgehead atoms. The summed E-state index contributed by atoms with van der Waals surface area (Å²) in [6.07, 6.45) is 5.20. The summed E-state index contributed by atoms with van der Waals surface area (Å²) in [7, 11) is 0. The fourth-order valence-electron chi connectivity index (χ4n) is 3.49. The van der Waals surface area contributed by atoms with Crippen molar-refractivity contribution in [1.29, 1.82) is 0 Å². The van der Waals surface area contributed by atoms with Gasteiger partial charge in [-0.05, 0) is 51.9 Å². The van der Waals surface area contributed by atoms with E-state index in [1.165, 1.54) is 37.4 Å². The molecule has 0 unspecified atom stereocenters. The lowest BCUT2D eigenvalue weighted by Gasteiger charge is -2.33. The Kier molecular flexibility index (Phi) is 2.98. The highest BCUT2D eigenvalue weighted by atomic mass is 32.2. The quantitative estimate of drug-likeness (QED) is 0.812. The number of aliphatic imine (C=N–C) groups is 1. The molecule has 106 valence electrons. The van der Waals surface area contributed by atoms with Crippen molar-refractivity contribution in [3.63, 3.8) is 0 Å². The van der Waals surface area contributed by atoms with E-state index in [2.05, 4.69) is 10.3 Å². The first-order chi connectivity index (χ1) is 8.79. The first kappa shape index (κ1) is 13.4. The number of carbonyl (C=O) groups is 1. The van der Waals surface area contributed by atoms with E-state index in [-0.39, 0.29) is 5.91 Å². The first-order valence-corrected chi connectivity index (χ1v) is 7.92. The number of nitrogens with zero attached hydrogens (tertiary/aromatic N) is 1. The largest absolute Gasteiger partial charge is 0.388 e. The van der Waals surface area contributed by atoms with Crippen molar-refractivity contribution in [1.82, 2.24) is 5.32 Å². The SMILES string of the molecule is CC(C)(O)[C@@]1(C)SC(N[C@H]2C[C@@H]3CC[C@H]2C3)=NC1=O.